The summed E-state index contributed by atoms with van der Waals surface area (Å²) in [6.45, 7) is 1.92. The quantitative estimate of drug-likeness (QED) is 0.262. The Bertz CT molecular complexity index is 1240. The molecule has 0 saturated heterocycles. The van der Waals surface area contributed by atoms with Crippen molar-refractivity contribution in [1.82, 2.24) is 5.32 Å². The zero-order valence-electron chi connectivity index (χ0n) is 17.8. The number of nitrogens with zero attached hydrogens (tertiary/aromatic N) is 1. The van der Waals surface area contributed by atoms with Crippen molar-refractivity contribution in [1.29, 1.82) is 0 Å². The van der Waals surface area contributed by atoms with Crippen molar-refractivity contribution >= 4 is 45.2 Å². The third-order valence-electron chi connectivity index (χ3n) is 4.63. The van der Waals surface area contributed by atoms with Gasteiger partial charge in [0.05, 0.1) is 23.3 Å². The number of amides is 2. The van der Waals surface area contributed by atoms with Gasteiger partial charge in [0.15, 0.2) is 0 Å². The molecule has 168 valence electrons. The summed E-state index contributed by atoms with van der Waals surface area (Å²) in [4.78, 5) is 36.4. The highest BCUT2D eigenvalue weighted by Gasteiger charge is 2.18. The highest BCUT2D eigenvalue weighted by atomic mass is 79.9. The van der Waals surface area contributed by atoms with E-state index in [0.717, 1.165) is 5.56 Å². The molecule has 3 rings (SSSR count). The fraction of sp³-hybridized carbons (Fsp3) is 0.0833. The first-order valence-corrected chi connectivity index (χ1v) is 10.6. The predicted octanol–water partition coefficient (Wildman–Crippen LogP) is 5.08. The van der Waals surface area contributed by atoms with E-state index in [9.17, 15) is 19.7 Å². The second kappa shape index (κ2) is 10.6. The maximum absolute atomic E-state index is 13.1. The lowest BCUT2D eigenvalue weighted by Crippen LogP contribution is -2.31. The van der Waals surface area contributed by atoms with Crippen LogP contribution in [-0.4, -0.2) is 23.8 Å². The standard InChI is InChI=1S/C24H20BrN3O5/c1-15-7-12-20(19(25)13-15)26-24(30)21(14-16-8-10-17(11-9-16)28(31)32)27-23(29)18-5-3-4-6-22(18)33-2/h3-14H,1-2H3,(H,26,30)(H,27,29)/b21-14-. The molecule has 0 aliphatic rings. The Hall–Kier alpha value is -3.98. The molecular weight excluding hydrogens is 490 g/mol. The summed E-state index contributed by atoms with van der Waals surface area (Å²) >= 11 is 3.42. The minimum Gasteiger partial charge on any atom is -0.496 e. The highest BCUT2D eigenvalue weighted by molar-refractivity contribution is 9.10. The number of carbonyl (C=O) groups excluding carboxylic acids is 2. The number of aryl methyl sites for hydroxylation is 1. The maximum Gasteiger partial charge on any atom is 0.272 e. The number of anilines is 1. The summed E-state index contributed by atoms with van der Waals surface area (Å²) in [7, 11) is 1.45. The normalized spacial score (nSPS) is 10.9. The molecule has 2 N–H and O–H groups in total. The van der Waals surface area contributed by atoms with Crippen molar-refractivity contribution in [3.05, 3.63) is 104 Å². The van der Waals surface area contributed by atoms with E-state index in [-0.39, 0.29) is 16.9 Å². The van der Waals surface area contributed by atoms with Crippen molar-refractivity contribution in [2.45, 2.75) is 6.92 Å². The Morgan fingerprint density at radius 2 is 1.76 bits per heavy atom. The smallest absolute Gasteiger partial charge is 0.272 e. The third-order valence-corrected chi connectivity index (χ3v) is 5.29. The molecule has 0 heterocycles. The van der Waals surface area contributed by atoms with Crippen molar-refractivity contribution in [3.8, 4) is 5.75 Å². The SMILES string of the molecule is COc1ccccc1C(=O)N/C(=C\c1ccc([N+](=O)[O-])cc1)C(=O)Nc1ccc(C)cc1Br. The number of para-hydroxylation sites is 1. The van der Waals surface area contributed by atoms with Gasteiger partial charge in [0.2, 0.25) is 0 Å². The Labute approximate surface area is 198 Å². The molecule has 9 heteroatoms. The monoisotopic (exact) mass is 509 g/mol. The van der Waals surface area contributed by atoms with Crippen LogP contribution in [0.4, 0.5) is 11.4 Å². The molecule has 0 bridgehead atoms. The third kappa shape index (κ3) is 6.05. The number of hydrogen-bond donors (Lipinski definition) is 2. The zero-order valence-corrected chi connectivity index (χ0v) is 19.4. The van der Waals surface area contributed by atoms with Crippen molar-refractivity contribution in [2.75, 3.05) is 12.4 Å². The molecule has 0 saturated carbocycles. The second-order valence-electron chi connectivity index (χ2n) is 7.00. The van der Waals surface area contributed by atoms with Gasteiger partial charge in [-0.3, -0.25) is 19.7 Å². The average molecular weight is 510 g/mol. The molecule has 0 aliphatic carbocycles. The van der Waals surface area contributed by atoms with Crippen LogP contribution in [0.25, 0.3) is 6.08 Å². The summed E-state index contributed by atoms with van der Waals surface area (Å²) in [6.07, 6.45) is 1.44. The second-order valence-corrected chi connectivity index (χ2v) is 7.85. The zero-order chi connectivity index (χ0) is 24.0. The summed E-state index contributed by atoms with van der Waals surface area (Å²) in [5.74, 6) is -0.758. The van der Waals surface area contributed by atoms with E-state index in [0.29, 0.717) is 21.5 Å². The molecule has 3 aromatic rings. The lowest BCUT2D eigenvalue weighted by molar-refractivity contribution is -0.384. The first kappa shape index (κ1) is 23.7. The van der Waals surface area contributed by atoms with E-state index in [1.807, 2.05) is 19.1 Å². The number of non-ortho nitro benzene ring substituents is 1. The topological polar surface area (TPSA) is 111 Å². The number of nitro benzene ring substituents is 1. The molecule has 0 spiro atoms. The largest absolute Gasteiger partial charge is 0.496 e. The summed E-state index contributed by atoms with van der Waals surface area (Å²) in [5, 5.41) is 16.3. The number of methoxy groups -OCH3 is 1. The van der Waals surface area contributed by atoms with Crippen LogP contribution in [0.5, 0.6) is 5.75 Å². The number of rotatable bonds is 7. The van der Waals surface area contributed by atoms with Crippen LogP contribution in [0.1, 0.15) is 21.5 Å². The molecule has 8 nitrogen and oxygen atoms in total. The first-order chi connectivity index (χ1) is 15.8. The fourth-order valence-corrected chi connectivity index (χ4v) is 3.54. The van der Waals surface area contributed by atoms with Crippen LogP contribution in [0, 0.1) is 17.0 Å². The van der Waals surface area contributed by atoms with Crippen LogP contribution in [0.15, 0.2) is 76.9 Å². The highest BCUT2D eigenvalue weighted by Crippen LogP contribution is 2.24. The summed E-state index contributed by atoms with van der Waals surface area (Å²) < 4.78 is 5.92. The van der Waals surface area contributed by atoms with E-state index >= 15 is 0 Å². The molecule has 0 atom stereocenters. The van der Waals surface area contributed by atoms with Gasteiger partial charge in [0.25, 0.3) is 17.5 Å². The lowest BCUT2D eigenvalue weighted by Gasteiger charge is -2.14. The number of halogens is 1. The van der Waals surface area contributed by atoms with Gasteiger partial charge in [-0.25, -0.2) is 0 Å². The summed E-state index contributed by atoms with van der Waals surface area (Å²) in [5.41, 5.74) is 2.14. The molecule has 0 unspecified atom stereocenters. The van der Waals surface area contributed by atoms with Crippen molar-refractivity contribution in [2.24, 2.45) is 0 Å². The van der Waals surface area contributed by atoms with Gasteiger partial charge in [-0.1, -0.05) is 18.2 Å². The number of benzene rings is 3. The molecule has 0 radical (unpaired) electrons. The number of nitrogens with one attached hydrogen (secondary N) is 2. The molecule has 0 fully saturated rings. The Morgan fingerprint density at radius 1 is 1.06 bits per heavy atom. The van der Waals surface area contributed by atoms with Crippen LogP contribution in [-0.2, 0) is 4.79 Å². The molecule has 2 amide bonds. The minimum atomic E-state index is -0.568. The van der Waals surface area contributed by atoms with Crippen molar-refractivity contribution in [3.63, 3.8) is 0 Å². The Morgan fingerprint density at radius 3 is 2.39 bits per heavy atom. The van der Waals surface area contributed by atoms with E-state index in [2.05, 4.69) is 26.6 Å². The van der Waals surface area contributed by atoms with Gasteiger partial charge in [0, 0.05) is 16.6 Å². The van der Waals surface area contributed by atoms with Gasteiger partial charge in [-0.05, 0) is 76.5 Å². The fourth-order valence-electron chi connectivity index (χ4n) is 2.95. The molecule has 0 aliphatic heterocycles. The first-order valence-electron chi connectivity index (χ1n) is 9.76. The maximum atomic E-state index is 13.1. The molecule has 3 aromatic carbocycles. The van der Waals surface area contributed by atoms with E-state index in [1.165, 1.54) is 37.5 Å². The predicted molar refractivity (Wildman–Crippen MR) is 129 cm³/mol. The lowest BCUT2D eigenvalue weighted by atomic mass is 10.1. The van der Waals surface area contributed by atoms with Gasteiger partial charge in [-0.2, -0.15) is 0 Å². The van der Waals surface area contributed by atoms with Gasteiger partial charge < -0.3 is 15.4 Å². The molecule has 0 aromatic heterocycles. The van der Waals surface area contributed by atoms with E-state index < -0.39 is 16.7 Å². The van der Waals surface area contributed by atoms with Crippen LogP contribution in [0.3, 0.4) is 0 Å². The number of nitro groups is 1. The molecular formula is C24H20BrN3O5. The van der Waals surface area contributed by atoms with E-state index in [1.54, 1.807) is 30.3 Å². The van der Waals surface area contributed by atoms with Crippen molar-refractivity contribution < 1.29 is 19.2 Å². The number of hydrogen-bond acceptors (Lipinski definition) is 5. The minimum absolute atomic E-state index is 0.0489. The number of carbonyl (C=O) groups is 2. The van der Waals surface area contributed by atoms with Crippen LogP contribution in [0.2, 0.25) is 0 Å². The Kier molecular flexibility index (Phi) is 7.57. The van der Waals surface area contributed by atoms with Gasteiger partial charge in [0.1, 0.15) is 11.4 Å². The van der Waals surface area contributed by atoms with Gasteiger partial charge >= 0.3 is 0 Å². The van der Waals surface area contributed by atoms with Crippen LogP contribution >= 0.6 is 15.9 Å². The van der Waals surface area contributed by atoms with Crippen LogP contribution < -0.4 is 15.4 Å². The summed E-state index contributed by atoms with van der Waals surface area (Å²) in [6, 6.07) is 17.7. The number of ether oxygens (including phenoxy) is 1. The molecule has 33 heavy (non-hydrogen) atoms. The van der Waals surface area contributed by atoms with E-state index in [4.69, 9.17) is 4.74 Å². The average Bonchev–Trinajstić information content (AvgIpc) is 2.80. The van der Waals surface area contributed by atoms with Gasteiger partial charge in [-0.15, -0.1) is 0 Å². The Balaban J connectivity index is 1.95.